The second-order valence-electron chi connectivity index (χ2n) is 6.70. The van der Waals surface area contributed by atoms with Gasteiger partial charge in [-0.25, -0.2) is 4.98 Å². The fourth-order valence-electron chi connectivity index (χ4n) is 3.74. The summed E-state index contributed by atoms with van der Waals surface area (Å²) < 4.78 is 2.01. The van der Waals surface area contributed by atoms with Crippen molar-refractivity contribution >= 4 is 22.6 Å². The van der Waals surface area contributed by atoms with Crippen molar-refractivity contribution < 1.29 is 0 Å². The summed E-state index contributed by atoms with van der Waals surface area (Å²) in [5.41, 5.74) is 4.96. The molecular formula is C24H16ClN3O. The van der Waals surface area contributed by atoms with Crippen LogP contribution < -0.4 is 5.56 Å². The molecule has 0 aliphatic rings. The first kappa shape index (κ1) is 17.5. The maximum atomic E-state index is 12.9. The highest BCUT2D eigenvalue weighted by atomic mass is 35.5. The highest BCUT2D eigenvalue weighted by molar-refractivity contribution is 6.30. The van der Waals surface area contributed by atoms with Crippen LogP contribution in [0.1, 0.15) is 0 Å². The molecule has 0 atom stereocenters. The summed E-state index contributed by atoms with van der Waals surface area (Å²) in [5, 5.41) is 1.17. The molecule has 0 spiro atoms. The number of aromatic nitrogens is 3. The van der Waals surface area contributed by atoms with Gasteiger partial charge in [0.15, 0.2) is 5.65 Å². The topological polar surface area (TPSA) is 50.7 Å². The molecule has 4 nitrogen and oxygen atoms in total. The number of benzene rings is 3. The van der Waals surface area contributed by atoms with E-state index in [9.17, 15) is 4.79 Å². The van der Waals surface area contributed by atoms with E-state index in [1.807, 2.05) is 89.5 Å². The number of fused-ring (bicyclic) bond motifs is 1. The first-order valence-corrected chi connectivity index (χ1v) is 9.61. The Balaban J connectivity index is 2.02. The van der Waals surface area contributed by atoms with Gasteiger partial charge in [-0.2, -0.15) is 0 Å². The van der Waals surface area contributed by atoms with E-state index >= 15 is 0 Å². The predicted molar refractivity (Wildman–Crippen MR) is 118 cm³/mol. The second kappa shape index (κ2) is 7.08. The van der Waals surface area contributed by atoms with Crippen molar-refractivity contribution in [2.24, 2.45) is 0 Å². The summed E-state index contributed by atoms with van der Waals surface area (Å²) in [7, 11) is 0. The molecule has 0 aliphatic carbocycles. The Kier molecular flexibility index (Phi) is 4.26. The first-order valence-electron chi connectivity index (χ1n) is 9.23. The van der Waals surface area contributed by atoms with Crippen LogP contribution >= 0.6 is 11.6 Å². The zero-order valence-electron chi connectivity index (χ0n) is 15.3. The molecule has 0 saturated carbocycles. The molecule has 0 bridgehead atoms. The lowest BCUT2D eigenvalue weighted by molar-refractivity contribution is 1.07. The number of halogens is 1. The van der Waals surface area contributed by atoms with Crippen molar-refractivity contribution in [3.63, 3.8) is 0 Å². The summed E-state index contributed by atoms with van der Waals surface area (Å²) in [5.74, 6) is 0. The lowest BCUT2D eigenvalue weighted by atomic mass is 9.99. The van der Waals surface area contributed by atoms with Gasteiger partial charge >= 0.3 is 0 Å². The maximum Gasteiger partial charge on any atom is 0.260 e. The highest BCUT2D eigenvalue weighted by Crippen LogP contribution is 2.40. The molecule has 2 aromatic heterocycles. The monoisotopic (exact) mass is 397 g/mol. The molecule has 0 radical (unpaired) electrons. The van der Waals surface area contributed by atoms with Crippen molar-refractivity contribution in [3.8, 4) is 28.1 Å². The fourth-order valence-corrected chi connectivity index (χ4v) is 3.93. The number of hydrogen-bond acceptors (Lipinski definition) is 2. The van der Waals surface area contributed by atoms with Crippen molar-refractivity contribution in [2.45, 2.75) is 0 Å². The SMILES string of the molecule is O=c1[nH]cnc2c1c(-c1ccccc1)c(-c1ccccc1)n2-c1cccc(Cl)c1. The Labute approximate surface area is 172 Å². The molecule has 29 heavy (non-hydrogen) atoms. The lowest BCUT2D eigenvalue weighted by Gasteiger charge is -2.13. The zero-order chi connectivity index (χ0) is 19.8. The third kappa shape index (κ3) is 2.94. The Morgan fingerprint density at radius 3 is 2.21 bits per heavy atom. The Morgan fingerprint density at radius 1 is 0.828 bits per heavy atom. The van der Waals surface area contributed by atoms with Gasteiger partial charge in [-0.05, 0) is 29.3 Å². The van der Waals surface area contributed by atoms with Crippen molar-refractivity contribution in [1.82, 2.24) is 14.5 Å². The number of hydrogen-bond donors (Lipinski definition) is 1. The normalized spacial score (nSPS) is 11.1. The van der Waals surface area contributed by atoms with Crippen LogP contribution in [-0.4, -0.2) is 14.5 Å². The predicted octanol–water partition coefficient (Wildman–Crippen LogP) is 5.70. The van der Waals surface area contributed by atoms with Crippen LogP contribution in [0.2, 0.25) is 5.02 Å². The van der Waals surface area contributed by atoms with Gasteiger partial charge in [0.1, 0.15) is 0 Å². The number of rotatable bonds is 3. The molecule has 3 aromatic carbocycles. The van der Waals surface area contributed by atoms with E-state index in [-0.39, 0.29) is 5.56 Å². The molecule has 2 heterocycles. The minimum absolute atomic E-state index is 0.174. The van der Waals surface area contributed by atoms with Crippen LogP contribution in [0.4, 0.5) is 0 Å². The molecule has 1 N–H and O–H groups in total. The average Bonchev–Trinajstić information content (AvgIpc) is 3.11. The standard InChI is InChI=1S/C24H16ClN3O/c25-18-12-7-13-19(14-18)28-22(17-10-5-2-6-11-17)20(16-8-3-1-4-9-16)21-23(28)26-15-27-24(21)29/h1-15H,(H,26,27,29). The first-order chi connectivity index (χ1) is 14.2. The fraction of sp³-hybridized carbons (Fsp3) is 0. The van der Waals surface area contributed by atoms with Gasteiger partial charge in [-0.15, -0.1) is 0 Å². The minimum atomic E-state index is -0.174. The van der Waals surface area contributed by atoms with Crippen molar-refractivity contribution in [2.75, 3.05) is 0 Å². The van der Waals surface area contributed by atoms with Gasteiger partial charge in [0.2, 0.25) is 0 Å². The molecule has 0 saturated heterocycles. The number of nitrogens with zero attached hydrogens (tertiary/aromatic N) is 2. The quantitative estimate of drug-likeness (QED) is 0.424. The third-order valence-electron chi connectivity index (χ3n) is 4.93. The summed E-state index contributed by atoms with van der Waals surface area (Å²) in [6.45, 7) is 0. The summed E-state index contributed by atoms with van der Waals surface area (Å²) in [4.78, 5) is 20.2. The van der Waals surface area contributed by atoms with Crippen LogP contribution in [0.15, 0.2) is 96.1 Å². The minimum Gasteiger partial charge on any atom is -0.312 e. The number of aromatic amines is 1. The molecular weight excluding hydrogens is 382 g/mol. The van der Waals surface area contributed by atoms with Gasteiger partial charge in [0, 0.05) is 16.3 Å². The molecule has 5 heteroatoms. The molecule has 5 rings (SSSR count). The molecule has 140 valence electrons. The smallest absolute Gasteiger partial charge is 0.260 e. The molecule has 5 aromatic rings. The number of H-pyrrole nitrogens is 1. The molecule has 0 amide bonds. The van der Waals surface area contributed by atoms with Gasteiger partial charge < -0.3 is 4.98 Å². The summed E-state index contributed by atoms with van der Waals surface area (Å²) >= 11 is 6.30. The zero-order valence-corrected chi connectivity index (χ0v) is 16.1. The summed E-state index contributed by atoms with van der Waals surface area (Å²) in [6, 6.07) is 27.5. The molecule has 0 unspecified atom stereocenters. The van der Waals surface area contributed by atoms with Crippen LogP contribution in [0.5, 0.6) is 0 Å². The maximum absolute atomic E-state index is 12.9. The van der Waals surface area contributed by atoms with E-state index < -0.39 is 0 Å². The van der Waals surface area contributed by atoms with E-state index in [2.05, 4.69) is 9.97 Å². The Bertz CT molecular complexity index is 1370. The van der Waals surface area contributed by atoms with E-state index in [4.69, 9.17) is 11.6 Å². The lowest BCUT2D eigenvalue weighted by Crippen LogP contribution is -2.07. The average molecular weight is 398 g/mol. The van der Waals surface area contributed by atoms with Gasteiger partial charge in [0.25, 0.3) is 5.56 Å². The van der Waals surface area contributed by atoms with Crippen molar-refractivity contribution in [3.05, 3.63) is 107 Å². The van der Waals surface area contributed by atoms with Gasteiger partial charge in [-0.1, -0.05) is 78.3 Å². The van der Waals surface area contributed by atoms with E-state index in [0.717, 1.165) is 28.1 Å². The van der Waals surface area contributed by atoms with E-state index in [1.165, 1.54) is 6.33 Å². The van der Waals surface area contributed by atoms with E-state index in [1.54, 1.807) is 0 Å². The van der Waals surface area contributed by atoms with Crippen molar-refractivity contribution in [1.29, 1.82) is 0 Å². The molecule has 0 fully saturated rings. The van der Waals surface area contributed by atoms with Crippen LogP contribution in [0, 0.1) is 0 Å². The Hall–Kier alpha value is -3.63. The van der Waals surface area contributed by atoms with Crippen LogP contribution in [-0.2, 0) is 0 Å². The molecule has 0 aliphatic heterocycles. The van der Waals surface area contributed by atoms with Crippen LogP contribution in [0.3, 0.4) is 0 Å². The highest BCUT2D eigenvalue weighted by Gasteiger charge is 2.24. The summed E-state index contributed by atoms with van der Waals surface area (Å²) in [6.07, 6.45) is 1.44. The Morgan fingerprint density at radius 2 is 1.52 bits per heavy atom. The van der Waals surface area contributed by atoms with Gasteiger partial charge in [-0.3, -0.25) is 9.36 Å². The van der Waals surface area contributed by atoms with Crippen LogP contribution in [0.25, 0.3) is 39.1 Å². The number of nitrogens with one attached hydrogen (secondary N) is 1. The van der Waals surface area contributed by atoms with Gasteiger partial charge in [0.05, 0.1) is 17.4 Å². The van der Waals surface area contributed by atoms with E-state index in [0.29, 0.717) is 16.1 Å². The third-order valence-corrected chi connectivity index (χ3v) is 5.17. The largest absolute Gasteiger partial charge is 0.312 e. The second-order valence-corrected chi connectivity index (χ2v) is 7.14.